The van der Waals surface area contributed by atoms with Crippen molar-refractivity contribution in [2.75, 3.05) is 4.90 Å². The summed E-state index contributed by atoms with van der Waals surface area (Å²) in [7, 11) is 0. The molecule has 0 heterocycles. The van der Waals surface area contributed by atoms with Gasteiger partial charge in [0, 0.05) is 22.5 Å². The Labute approximate surface area is 328 Å². The number of hydrogen-bond acceptors (Lipinski definition) is 1. The van der Waals surface area contributed by atoms with Crippen LogP contribution in [-0.4, -0.2) is 0 Å². The molecule has 0 aromatic heterocycles. The van der Waals surface area contributed by atoms with Crippen LogP contribution in [0.5, 0.6) is 0 Å². The van der Waals surface area contributed by atoms with Crippen LogP contribution in [-0.2, 0) is 16.2 Å². The van der Waals surface area contributed by atoms with E-state index in [1.807, 2.05) is 0 Å². The van der Waals surface area contributed by atoms with Crippen molar-refractivity contribution in [3.05, 3.63) is 162 Å². The lowest BCUT2D eigenvalue weighted by Crippen LogP contribution is -2.55. The first kappa shape index (κ1) is 33.5. The molecular formula is C54H53N. The van der Waals surface area contributed by atoms with Crippen LogP contribution in [0.25, 0.3) is 33.4 Å². The van der Waals surface area contributed by atoms with E-state index < -0.39 is 0 Å². The SMILES string of the molecule is CC1(C)CCC(C)(C)c2cc(N(c3ccc(-c4ccccc4)cc3)c3ccc(-c4cccc5c4C4(c6ccccc6-5)C5CC6CC(C5)CC4C6)cc3)ccc21. The minimum atomic E-state index is 0.132. The van der Waals surface area contributed by atoms with Crippen LogP contribution in [0.4, 0.5) is 17.1 Å². The number of benzene rings is 6. The molecule has 55 heavy (non-hydrogen) atoms. The van der Waals surface area contributed by atoms with Gasteiger partial charge < -0.3 is 4.90 Å². The van der Waals surface area contributed by atoms with Crippen molar-refractivity contribution in [3.8, 4) is 33.4 Å². The quantitative estimate of drug-likeness (QED) is 0.172. The summed E-state index contributed by atoms with van der Waals surface area (Å²) < 4.78 is 0. The van der Waals surface area contributed by atoms with E-state index in [2.05, 4.69) is 172 Å². The molecule has 0 saturated heterocycles. The Kier molecular flexibility index (Phi) is 7.34. The standard InChI is InChI=1S/C54H53N/c1-52(2)27-28-53(3,4)50-34-44(25-26-49(50)52)55(42-21-17-38(18-22-42)37-11-6-5-7-12-37)43-23-19-39(20-24-43)45-14-10-15-47-46-13-8-9-16-48(46)54(51(45)47)40-30-35-29-36(32-40)33-41(54)31-35/h5-26,34-36,40-41H,27-33H2,1-4H3. The van der Waals surface area contributed by atoms with Gasteiger partial charge in [-0.1, -0.05) is 131 Å². The van der Waals surface area contributed by atoms with E-state index >= 15 is 0 Å². The summed E-state index contributed by atoms with van der Waals surface area (Å²) in [5, 5.41) is 0. The fourth-order valence-corrected chi connectivity index (χ4v) is 12.8. The summed E-state index contributed by atoms with van der Waals surface area (Å²) in [6, 6.07) is 53.6. The van der Waals surface area contributed by atoms with Crippen LogP contribution in [0.3, 0.4) is 0 Å². The van der Waals surface area contributed by atoms with Crippen LogP contribution in [0.1, 0.15) is 94.9 Å². The maximum absolute atomic E-state index is 2.51. The molecule has 4 fully saturated rings. The molecule has 0 aliphatic heterocycles. The number of rotatable bonds is 5. The van der Waals surface area contributed by atoms with Crippen LogP contribution in [0, 0.1) is 23.7 Å². The van der Waals surface area contributed by atoms with Crippen LogP contribution in [0.15, 0.2) is 140 Å². The minimum Gasteiger partial charge on any atom is -0.310 e. The van der Waals surface area contributed by atoms with E-state index in [1.54, 1.807) is 11.1 Å². The molecule has 1 heteroatoms. The van der Waals surface area contributed by atoms with E-state index in [4.69, 9.17) is 0 Å². The molecule has 4 bridgehead atoms. The summed E-state index contributed by atoms with van der Waals surface area (Å²) in [5.41, 5.74) is 18.6. The van der Waals surface area contributed by atoms with Gasteiger partial charge >= 0.3 is 0 Å². The molecule has 6 aromatic carbocycles. The Morgan fingerprint density at radius 3 is 1.62 bits per heavy atom. The van der Waals surface area contributed by atoms with E-state index in [0.29, 0.717) is 0 Å². The highest BCUT2D eigenvalue weighted by Crippen LogP contribution is 2.70. The van der Waals surface area contributed by atoms with Crippen molar-refractivity contribution in [1.29, 1.82) is 0 Å². The molecule has 4 saturated carbocycles. The Balaban J connectivity index is 1.04. The zero-order chi connectivity index (χ0) is 37.1. The Hall–Kier alpha value is -4.88. The average molecular weight is 716 g/mol. The Bertz CT molecular complexity index is 2400. The average Bonchev–Trinajstić information content (AvgIpc) is 3.51. The first-order chi connectivity index (χ1) is 26.7. The van der Waals surface area contributed by atoms with Gasteiger partial charge in [0.05, 0.1) is 0 Å². The van der Waals surface area contributed by atoms with Gasteiger partial charge in [0.2, 0.25) is 0 Å². The van der Waals surface area contributed by atoms with Gasteiger partial charge in [-0.2, -0.15) is 0 Å². The van der Waals surface area contributed by atoms with Crippen LogP contribution < -0.4 is 4.90 Å². The van der Waals surface area contributed by atoms with Crippen molar-refractivity contribution in [2.24, 2.45) is 23.7 Å². The van der Waals surface area contributed by atoms with Crippen molar-refractivity contribution in [3.63, 3.8) is 0 Å². The lowest BCUT2D eigenvalue weighted by Gasteiger charge is -2.61. The number of anilines is 3. The first-order valence-electron chi connectivity index (χ1n) is 21.2. The highest BCUT2D eigenvalue weighted by atomic mass is 15.1. The Morgan fingerprint density at radius 2 is 0.945 bits per heavy atom. The number of nitrogens with zero attached hydrogens (tertiary/aromatic N) is 1. The summed E-state index contributed by atoms with van der Waals surface area (Å²) >= 11 is 0. The van der Waals surface area contributed by atoms with E-state index in [1.165, 1.54) is 107 Å². The third kappa shape index (κ3) is 4.97. The van der Waals surface area contributed by atoms with Gasteiger partial charge in [0.1, 0.15) is 0 Å². The molecule has 0 radical (unpaired) electrons. The highest BCUT2D eigenvalue weighted by molar-refractivity contribution is 5.90. The highest BCUT2D eigenvalue weighted by Gasteiger charge is 2.62. The second-order valence-corrected chi connectivity index (χ2v) is 19.2. The lowest BCUT2D eigenvalue weighted by molar-refractivity contribution is -0.0397. The van der Waals surface area contributed by atoms with Gasteiger partial charge in [-0.15, -0.1) is 0 Å². The van der Waals surface area contributed by atoms with Crippen LogP contribution >= 0.6 is 0 Å². The summed E-state index contributed by atoms with van der Waals surface area (Å²) in [4.78, 5) is 2.49. The molecule has 274 valence electrons. The smallest absolute Gasteiger partial charge is 0.0464 e. The Morgan fingerprint density at radius 1 is 0.418 bits per heavy atom. The molecule has 0 unspecified atom stereocenters. The van der Waals surface area contributed by atoms with Gasteiger partial charge in [-0.3, -0.25) is 0 Å². The number of hydrogen-bond donors (Lipinski definition) is 0. The van der Waals surface area contributed by atoms with Gasteiger partial charge in [0.15, 0.2) is 0 Å². The van der Waals surface area contributed by atoms with Gasteiger partial charge in [-0.25, -0.2) is 0 Å². The zero-order valence-corrected chi connectivity index (χ0v) is 33.0. The monoisotopic (exact) mass is 715 g/mol. The fraction of sp³-hybridized carbons (Fsp3) is 0.333. The van der Waals surface area contributed by atoms with E-state index in [-0.39, 0.29) is 16.2 Å². The third-order valence-corrected chi connectivity index (χ3v) is 15.3. The maximum atomic E-state index is 2.51. The molecular weight excluding hydrogens is 663 g/mol. The maximum Gasteiger partial charge on any atom is 0.0464 e. The van der Waals surface area contributed by atoms with Gasteiger partial charge in [-0.05, 0) is 171 Å². The zero-order valence-electron chi connectivity index (χ0n) is 33.0. The summed E-state index contributed by atoms with van der Waals surface area (Å²) in [6.45, 7) is 9.72. The molecule has 1 spiro atoms. The molecule has 0 amide bonds. The van der Waals surface area contributed by atoms with Crippen molar-refractivity contribution in [2.45, 2.75) is 88.9 Å². The largest absolute Gasteiger partial charge is 0.310 e. The topological polar surface area (TPSA) is 3.24 Å². The van der Waals surface area contributed by atoms with Crippen molar-refractivity contribution >= 4 is 17.1 Å². The lowest BCUT2D eigenvalue weighted by atomic mass is 9.42. The predicted octanol–water partition coefficient (Wildman–Crippen LogP) is 14.6. The molecule has 6 aliphatic rings. The van der Waals surface area contributed by atoms with Gasteiger partial charge in [0.25, 0.3) is 0 Å². The van der Waals surface area contributed by atoms with E-state index in [0.717, 1.165) is 23.7 Å². The number of fused-ring (bicyclic) bond motifs is 4. The minimum absolute atomic E-state index is 0.132. The normalized spacial score (nSPS) is 26.0. The molecule has 1 nitrogen and oxygen atoms in total. The first-order valence-corrected chi connectivity index (χ1v) is 21.2. The molecule has 6 aliphatic carbocycles. The van der Waals surface area contributed by atoms with Crippen molar-refractivity contribution in [1.82, 2.24) is 0 Å². The predicted molar refractivity (Wildman–Crippen MR) is 231 cm³/mol. The van der Waals surface area contributed by atoms with Crippen LogP contribution in [0.2, 0.25) is 0 Å². The fourth-order valence-electron chi connectivity index (χ4n) is 12.8. The summed E-state index contributed by atoms with van der Waals surface area (Å²) in [6.07, 6.45) is 9.51. The molecule has 0 N–H and O–H groups in total. The molecule has 0 atom stereocenters. The molecule has 6 aromatic rings. The second-order valence-electron chi connectivity index (χ2n) is 19.2. The molecule has 12 rings (SSSR count). The van der Waals surface area contributed by atoms with E-state index in [9.17, 15) is 0 Å². The summed E-state index contributed by atoms with van der Waals surface area (Å²) in [5.74, 6) is 3.37. The second kappa shape index (κ2) is 12.1. The third-order valence-electron chi connectivity index (χ3n) is 15.3. The van der Waals surface area contributed by atoms with Crippen molar-refractivity contribution < 1.29 is 0 Å².